The molecule has 1 aromatic rings. The van der Waals surface area contributed by atoms with Gasteiger partial charge in [-0.3, -0.25) is 9.78 Å². The van der Waals surface area contributed by atoms with E-state index in [4.69, 9.17) is 4.74 Å². The Morgan fingerprint density at radius 2 is 2.40 bits per heavy atom. The van der Waals surface area contributed by atoms with Crippen molar-refractivity contribution in [2.24, 2.45) is 5.92 Å². The maximum absolute atomic E-state index is 12.2. The molecule has 1 amide bonds. The van der Waals surface area contributed by atoms with E-state index >= 15 is 0 Å². The van der Waals surface area contributed by atoms with Gasteiger partial charge in [0, 0.05) is 38.2 Å². The minimum Gasteiger partial charge on any atom is -0.385 e. The lowest BCUT2D eigenvalue weighted by Gasteiger charge is -2.12. The molecule has 0 spiro atoms. The fourth-order valence-corrected chi connectivity index (χ4v) is 2.37. The van der Waals surface area contributed by atoms with E-state index < -0.39 is 0 Å². The van der Waals surface area contributed by atoms with Crippen molar-refractivity contribution >= 4 is 11.6 Å². The Hall–Kier alpha value is -1.62. The molecule has 1 aliphatic heterocycles. The summed E-state index contributed by atoms with van der Waals surface area (Å²) in [6, 6.07) is 1.91. The zero-order valence-electron chi connectivity index (χ0n) is 12.2. The van der Waals surface area contributed by atoms with E-state index in [1.165, 1.54) is 0 Å². The molecular formula is C15H23N3O2. The van der Waals surface area contributed by atoms with Crippen LogP contribution in [-0.4, -0.2) is 37.2 Å². The predicted molar refractivity (Wildman–Crippen MR) is 79.0 cm³/mol. The number of pyridine rings is 1. The molecule has 0 radical (unpaired) electrons. The number of anilines is 1. The van der Waals surface area contributed by atoms with Crippen LogP contribution in [0.5, 0.6) is 0 Å². The average Bonchev–Trinajstić information content (AvgIpc) is 2.92. The molecule has 5 nitrogen and oxygen atoms in total. The van der Waals surface area contributed by atoms with Gasteiger partial charge in [0.25, 0.3) is 5.91 Å². The number of carbonyl (C=O) groups excluding carboxylic acids is 1. The molecule has 0 bridgehead atoms. The van der Waals surface area contributed by atoms with Gasteiger partial charge < -0.3 is 15.4 Å². The van der Waals surface area contributed by atoms with Crippen molar-refractivity contribution in [3.63, 3.8) is 0 Å². The standard InChI is InChI=1S/C15H23N3O2/c1-3-16-14-8-11(2)18-9-13(14)15(19)17-6-4-12-5-7-20-10-12/h8-9,12H,3-7,10H2,1-2H3,(H,16,18)(H,17,19). The first-order valence-corrected chi connectivity index (χ1v) is 7.27. The summed E-state index contributed by atoms with van der Waals surface area (Å²) >= 11 is 0. The normalized spacial score (nSPS) is 18.0. The molecule has 1 saturated heterocycles. The Morgan fingerprint density at radius 1 is 1.55 bits per heavy atom. The Kier molecular flexibility index (Phi) is 5.35. The third kappa shape index (κ3) is 3.93. The monoisotopic (exact) mass is 277 g/mol. The highest BCUT2D eigenvalue weighted by Crippen LogP contribution is 2.17. The van der Waals surface area contributed by atoms with E-state index in [0.717, 1.165) is 44.0 Å². The Morgan fingerprint density at radius 3 is 3.10 bits per heavy atom. The van der Waals surface area contributed by atoms with Gasteiger partial charge in [0.15, 0.2) is 0 Å². The highest BCUT2D eigenvalue weighted by Gasteiger charge is 2.16. The van der Waals surface area contributed by atoms with E-state index in [9.17, 15) is 4.79 Å². The third-order valence-corrected chi connectivity index (χ3v) is 3.51. The lowest BCUT2D eigenvalue weighted by molar-refractivity contribution is 0.0951. The maximum Gasteiger partial charge on any atom is 0.254 e. The number of aryl methyl sites for hydroxylation is 1. The summed E-state index contributed by atoms with van der Waals surface area (Å²) in [7, 11) is 0. The van der Waals surface area contributed by atoms with Gasteiger partial charge in [-0.15, -0.1) is 0 Å². The van der Waals surface area contributed by atoms with E-state index in [-0.39, 0.29) is 5.91 Å². The summed E-state index contributed by atoms with van der Waals surface area (Å²) in [4.78, 5) is 16.4. The molecule has 2 rings (SSSR count). The van der Waals surface area contributed by atoms with E-state index in [2.05, 4.69) is 15.6 Å². The van der Waals surface area contributed by atoms with Crippen LogP contribution in [0.25, 0.3) is 0 Å². The van der Waals surface area contributed by atoms with Gasteiger partial charge in [-0.05, 0) is 38.7 Å². The molecule has 0 aromatic carbocycles. The van der Waals surface area contributed by atoms with Crippen LogP contribution in [0.15, 0.2) is 12.3 Å². The number of carbonyl (C=O) groups is 1. The Bertz CT molecular complexity index is 456. The van der Waals surface area contributed by atoms with Crippen LogP contribution in [-0.2, 0) is 4.74 Å². The molecule has 1 atom stereocenters. The second-order valence-electron chi connectivity index (χ2n) is 5.18. The second-order valence-corrected chi connectivity index (χ2v) is 5.18. The predicted octanol–water partition coefficient (Wildman–Crippen LogP) is 1.98. The highest BCUT2D eigenvalue weighted by molar-refractivity contribution is 5.99. The largest absolute Gasteiger partial charge is 0.385 e. The molecular weight excluding hydrogens is 254 g/mol. The number of nitrogens with zero attached hydrogens (tertiary/aromatic N) is 1. The van der Waals surface area contributed by atoms with Crippen molar-refractivity contribution < 1.29 is 9.53 Å². The first-order valence-electron chi connectivity index (χ1n) is 7.27. The number of amides is 1. The van der Waals surface area contributed by atoms with Gasteiger partial charge in [-0.25, -0.2) is 0 Å². The van der Waals surface area contributed by atoms with Crippen molar-refractivity contribution in [1.82, 2.24) is 10.3 Å². The van der Waals surface area contributed by atoms with Crippen LogP contribution in [0, 0.1) is 12.8 Å². The fourth-order valence-electron chi connectivity index (χ4n) is 2.37. The lowest BCUT2D eigenvalue weighted by Crippen LogP contribution is -2.27. The first-order chi connectivity index (χ1) is 9.70. The van der Waals surface area contributed by atoms with Gasteiger partial charge in [0.1, 0.15) is 0 Å². The summed E-state index contributed by atoms with van der Waals surface area (Å²) in [6.45, 7) is 7.07. The van der Waals surface area contributed by atoms with E-state index in [1.807, 2.05) is 19.9 Å². The summed E-state index contributed by atoms with van der Waals surface area (Å²) in [5.41, 5.74) is 2.36. The summed E-state index contributed by atoms with van der Waals surface area (Å²) in [6.07, 6.45) is 3.72. The van der Waals surface area contributed by atoms with Crippen LogP contribution in [0.3, 0.4) is 0 Å². The van der Waals surface area contributed by atoms with Crippen molar-refractivity contribution in [2.75, 3.05) is 31.6 Å². The molecule has 0 aliphatic carbocycles. The molecule has 5 heteroatoms. The SMILES string of the molecule is CCNc1cc(C)ncc1C(=O)NCCC1CCOC1. The quantitative estimate of drug-likeness (QED) is 0.834. The van der Waals surface area contributed by atoms with Crippen molar-refractivity contribution in [2.45, 2.75) is 26.7 Å². The zero-order valence-corrected chi connectivity index (χ0v) is 12.2. The molecule has 0 saturated carbocycles. The van der Waals surface area contributed by atoms with Gasteiger partial charge in [-0.2, -0.15) is 0 Å². The summed E-state index contributed by atoms with van der Waals surface area (Å²) in [5, 5.41) is 6.18. The summed E-state index contributed by atoms with van der Waals surface area (Å²) < 4.78 is 5.33. The molecule has 1 aromatic heterocycles. The van der Waals surface area contributed by atoms with Gasteiger partial charge in [0.05, 0.1) is 11.3 Å². The number of nitrogens with one attached hydrogen (secondary N) is 2. The van der Waals surface area contributed by atoms with Crippen molar-refractivity contribution in [3.8, 4) is 0 Å². The van der Waals surface area contributed by atoms with Crippen LogP contribution >= 0.6 is 0 Å². The van der Waals surface area contributed by atoms with Crippen LogP contribution < -0.4 is 10.6 Å². The zero-order chi connectivity index (χ0) is 14.4. The van der Waals surface area contributed by atoms with E-state index in [1.54, 1.807) is 6.20 Å². The second kappa shape index (κ2) is 7.24. The fraction of sp³-hybridized carbons (Fsp3) is 0.600. The lowest BCUT2D eigenvalue weighted by atomic mass is 10.1. The number of ether oxygens (including phenoxy) is 1. The topological polar surface area (TPSA) is 63.2 Å². The number of aromatic nitrogens is 1. The average molecular weight is 277 g/mol. The molecule has 1 unspecified atom stereocenters. The molecule has 2 N–H and O–H groups in total. The molecule has 20 heavy (non-hydrogen) atoms. The van der Waals surface area contributed by atoms with Crippen LogP contribution in [0.1, 0.15) is 35.8 Å². The minimum absolute atomic E-state index is 0.0626. The van der Waals surface area contributed by atoms with Crippen LogP contribution in [0.2, 0.25) is 0 Å². The number of rotatable bonds is 6. The molecule has 1 aliphatic rings. The maximum atomic E-state index is 12.2. The molecule has 2 heterocycles. The smallest absolute Gasteiger partial charge is 0.254 e. The van der Waals surface area contributed by atoms with E-state index in [0.29, 0.717) is 18.0 Å². The Balaban J connectivity index is 1.90. The van der Waals surface area contributed by atoms with Gasteiger partial charge >= 0.3 is 0 Å². The first kappa shape index (κ1) is 14.8. The molecule has 1 fully saturated rings. The van der Waals surface area contributed by atoms with Crippen LogP contribution in [0.4, 0.5) is 5.69 Å². The highest BCUT2D eigenvalue weighted by atomic mass is 16.5. The van der Waals surface area contributed by atoms with Gasteiger partial charge in [-0.1, -0.05) is 0 Å². The molecule has 110 valence electrons. The van der Waals surface area contributed by atoms with Gasteiger partial charge in [0.2, 0.25) is 0 Å². The summed E-state index contributed by atoms with van der Waals surface area (Å²) in [5.74, 6) is 0.520. The Labute approximate surface area is 120 Å². The minimum atomic E-state index is -0.0626. The van der Waals surface area contributed by atoms with Crippen molar-refractivity contribution in [3.05, 3.63) is 23.5 Å². The number of hydrogen-bond donors (Lipinski definition) is 2. The number of hydrogen-bond acceptors (Lipinski definition) is 4. The van der Waals surface area contributed by atoms with Crippen molar-refractivity contribution in [1.29, 1.82) is 0 Å². The third-order valence-electron chi connectivity index (χ3n) is 3.51.